The van der Waals surface area contributed by atoms with Crippen LogP contribution in [-0.2, 0) is 6.42 Å². The highest BCUT2D eigenvalue weighted by molar-refractivity contribution is 5.78. The van der Waals surface area contributed by atoms with E-state index in [0.717, 1.165) is 28.6 Å². The lowest BCUT2D eigenvalue weighted by Crippen LogP contribution is -2.02. The molecule has 3 nitrogen and oxygen atoms in total. The van der Waals surface area contributed by atoms with Gasteiger partial charge in [0, 0.05) is 18.0 Å². The molecule has 1 aromatic heterocycles. The van der Waals surface area contributed by atoms with E-state index in [0.29, 0.717) is 0 Å². The highest BCUT2D eigenvalue weighted by atomic mass is 16.3. The zero-order chi connectivity index (χ0) is 13.9. The number of para-hydroxylation sites is 1. The number of aliphatic hydroxyl groups is 1. The highest BCUT2D eigenvalue weighted by Gasteiger charge is 2.14. The Bertz CT molecular complexity index is 734. The summed E-state index contributed by atoms with van der Waals surface area (Å²) in [5, 5.41) is 10.6. The molecule has 100 valence electrons. The second-order valence-electron chi connectivity index (χ2n) is 4.77. The molecule has 2 aromatic carbocycles. The van der Waals surface area contributed by atoms with Gasteiger partial charge in [-0.25, -0.2) is 0 Å². The van der Waals surface area contributed by atoms with Crippen LogP contribution in [0.5, 0.6) is 0 Å². The summed E-state index contributed by atoms with van der Waals surface area (Å²) in [6, 6.07) is 13.7. The largest absolute Gasteiger partial charge is 0.384 e. The number of aromatic nitrogens is 2. The van der Waals surface area contributed by atoms with E-state index in [1.807, 2.05) is 36.4 Å². The van der Waals surface area contributed by atoms with Crippen LogP contribution in [0.2, 0.25) is 0 Å². The van der Waals surface area contributed by atoms with Crippen molar-refractivity contribution in [2.24, 2.45) is 0 Å². The molecule has 1 unspecified atom stereocenters. The standard InChI is InChI=1S/C17H16N2O/c1-2-12-5-3-6-13(11-12)17(20)14-7-4-8-15-16(14)19-10-9-18-15/h3-11,17,20H,2H2,1H3. The number of hydrogen-bond donors (Lipinski definition) is 1. The predicted molar refractivity (Wildman–Crippen MR) is 79.4 cm³/mol. The smallest absolute Gasteiger partial charge is 0.106 e. The summed E-state index contributed by atoms with van der Waals surface area (Å²) in [6.07, 6.45) is 3.59. The molecule has 3 rings (SSSR count). The summed E-state index contributed by atoms with van der Waals surface area (Å²) in [4.78, 5) is 8.63. The minimum absolute atomic E-state index is 0.679. The molecule has 3 aromatic rings. The molecule has 0 saturated heterocycles. The molecule has 0 radical (unpaired) electrons. The topological polar surface area (TPSA) is 46.0 Å². The number of aliphatic hydroxyl groups excluding tert-OH is 1. The molecular formula is C17H16N2O. The monoisotopic (exact) mass is 264 g/mol. The van der Waals surface area contributed by atoms with Crippen LogP contribution in [0.3, 0.4) is 0 Å². The maximum absolute atomic E-state index is 10.6. The van der Waals surface area contributed by atoms with Crippen molar-refractivity contribution >= 4 is 11.0 Å². The van der Waals surface area contributed by atoms with Gasteiger partial charge in [-0.15, -0.1) is 0 Å². The van der Waals surface area contributed by atoms with E-state index in [1.54, 1.807) is 12.4 Å². The van der Waals surface area contributed by atoms with Gasteiger partial charge < -0.3 is 5.11 Å². The Hall–Kier alpha value is -2.26. The van der Waals surface area contributed by atoms with Gasteiger partial charge in [-0.2, -0.15) is 0 Å². The molecular weight excluding hydrogens is 248 g/mol. The van der Waals surface area contributed by atoms with Gasteiger partial charge >= 0.3 is 0 Å². The maximum Gasteiger partial charge on any atom is 0.106 e. The predicted octanol–water partition coefficient (Wildman–Crippen LogP) is 3.27. The summed E-state index contributed by atoms with van der Waals surface area (Å²) in [7, 11) is 0. The maximum atomic E-state index is 10.6. The number of fused-ring (bicyclic) bond motifs is 1. The van der Waals surface area contributed by atoms with Crippen LogP contribution >= 0.6 is 0 Å². The van der Waals surface area contributed by atoms with Gasteiger partial charge in [0.15, 0.2) is 0 Å². The van der Waals surface area contributed by atoms with Crippen molar-refractivity contribution in [3.05, 3.63) is 71.5 Å². The Labute approximate surface area is 117 Å². The Morgan fingerprint density at radius 3 is 2.70 bits per heavy atom. The van der Waals surface area contributed by atoms with E-state index < -0.39 is 6.10 Å². The van der Waals surface area contributed by atoms with Crippen molar-refractivity contribution in [3.63, 3.8) is 0 Å². The lowest BCUT2D eigenvalue weighted by atomic mass is 9.98. The second kappa shape index (κ2) is 5.39. The van der Waals surface area contributed by atoms with Gasteiger partial charge in [0.25, 0.3) is 0 Å². The molecule has 3 heteroatoms. The summed E-state index contributed by atoms with van der Waals surface area (Å²) in [5.41, 5.74) is 4.46. The van der Waals surface area contributed by atoms with Crippen LogP contribution in [0.4, 0.5) is 0 Å². The number of nitrogens with zero attached hydrogens (tertiary/aromatic N) is 2. The molecule has 0 bridgehead atoms. The van der Waals surface area contributed by atoms with Crippen molar-refractivity contribution in [2.75, 3.05) is 0 Å². The first-order valence-electron chi connectivity index (χ1n) is 6.76. The lowest BCUT2D eigenvalue weighted by Gasteiger charge is -2.14. The van der Waals surface area contributed by atoms with Crippen molar-refractivity contribution in [2.45, 2.75) is 19.4 Å². The molecule has 0 fully saturated rings. The van der Waals surface area contributed by atoms with E-state index >= 15 is 0 Å². The summed E-state index contributed by atoms with van der Waals surface area (Å²) < 4.78 is 0. The minimum atomic E-state index is -0.679. The first-order valence-corrected chi connectivity index (χ1v) is 6.76. The van der Waals surface area contributed by atoms with Gasteiger partial charge in [0.1, 0.15) is 6.10 Å². The van der Waals surface area contributed by atoms with Gasteiger partial charge in [0.05, 0.1) is 11.0 Å². The quantitative estimate of drug-likeness (QED) is 0.789. The second-order valence-corrected chi connectivity index (χ2v) is 4.77. The molecule has 1 heterocycles. The van der Waals surface area contributed by atoms with E-state index in [4.69, 9.17) is 0 Å². The summed E-state index contributed by atoms with van der Waals surface area (Å²) >= 11 is 0. The molecule has 0 aliphatic rings. The fraction of sp³-hybridized carbons (Fsp3) is 0.176. The molecule has 0 amide bonds. The molecule has 0 aliphatic carbocycles. The van der Waals surface area contributed by atoms with Crippen LogP contribution < -0.4 is 0 Å². The van der Waals surface area contributed by atoms with Crippen molar-refractivity contribution in [3.8, 4) is 0 Å². The zero-order valence-corrected chi connectivity index (χ0v) is 11.3. The average Bonchev–Trinajstić information content (AvgIpc) is 2.53. The first kappa shape index (κ1) is 12.8. The molecule has 1 atom stereocenters. The average molecular weight is 264 g/mol. The fourth-order valence-corrected chi connectivity index (χ4v) is 2.40. The summed E-state index contributed by atoms with van der Waals surface area (Å²) in [6.45, 7) is 2.11. The van der Waals surface area contributed by atoms with Crippen LogP contribution in [-0.4, -0.2) is 15.1 Å². The number of benzene rings is 2. The van der Waals surface area contributed by atoms with Gasteiger partial charge in [-0.3, -0.25) is 9.97 Å². The van der Waals surface area contributed by atoms with Gasteiger partial charge in [-0.1, -0.05) is 43.3 Å². The number of aryl methyl sites for hydroxylation is 1. The Morgan fingerprint density at radius 1 is 1.05 bits per heavy atom. The Morgan fingerprint density at radius 2 is 1.85 bits per heavy atom. The first-order chi connectivity index (χ1) is 9.79. The number of hydrogen-bond acceptors (Lipinski definition) is 3. The minimum Gasteiger partial charge on any atom is -0.384 e. The third kappa shape index (κ3) is 2.28. The third-order valence-corrected chi connectivity index (χ3v) is 3.50. The van der Waals surface area contributed by atoms with Crippen LogP contribution in [0, 0.1) is 0 Å². The molecule has 20 heavy (non-hydrogen) atoms. The van der Waals surface area contributed by atoms with Crippen molar-refractivity contribution < 1.29 is 5.11 Å². The third-order valence-electron chi connectivity index (χ3n) is 3.50. The van der Waals surface area contributed by atoms with Crippen molar-refractivity contribution in [1.29, 1.82) is 0 Å². The molecule has 0 saturated carbocycles. The Kier molecular flexibility index (Phi) is 3.44. The normalized spacial score (nSPS) is 12.5. The zero-order valence-electron chi connectivity index (χ0n) is 11.3. The van der Waals surface area contributed by atoms with Gasteiger partial charge in [0.2, 0.25) is 0 Å². The van der Waals surface area contributed by atoms with Gasteiger partial charge in [-0.05, 0) is 23.6 Å². The molecule has 0 aliphatic heterocycles. The fourth-order valence-electron chi connectivity index (χ4n) is 2.40. The SMILES string of the molecule is CCc1cccc(C(O)c2cccc3nccnc23)c1. The van der Waals surface area contributed by atoms with Crippen LogP contribution in [0.1, 0.15) is 29.7 Å². The molecule has 1 N–H and O–H groups in total. The number of rotatable bonds is 3. The molecule has 0 spiro atoms. The van der Waals surface area contributed by atoms with Crippen LogP contribution in [0.15, 0.2) is 54.9 Å². The van der Waals surface area contributed by atoms with E-state index in [1.165, 1.54) is 5.56 Å². The lowest BCUT2D eigenvalue weighted by molar-refractivity contribution is 0.221. The van der Waals surface area contributed by atoms with E-state index in [9.17, 15) is 5.11 Å². The summed E-state index contributed by atoms with van der Waals surface area (Å²) in [5.74, 6) is 0. The Balaban J connectivity index is 2.10. The highest BCUT2D eigenvalue weighted by Crippen LogP contribution is 2.27. The van der Waals surface area contributed by atoms with E-state index in [2.05, 4.69) is 23.0 Å². The van der Waals surface area contributed by atoms with Crippen molar-refractivity contribution in [1.82, 2.24) is 9.97 Å². The van der Waals surface area contributed by atoms with Crippen LogP contribution in [0.25, 0.3) is 11.0 Å². The van der Waals surface area contributed by atoms with E-state index in [-0.39, 0.29) is 0 Å².